The first-order valence-corrected chi connectivity index (χ1v) is 15.3. The van der Waals surface area contributed by atoms with Crippen LogP contribution in [0, 0.1) is 12.8 Å². The highest BCUT2D eigenvalue weighted by molar-refractivity contribution is 7.99. The van der Waals surface area contributed by atoms with Crippen LogP contribution >= 0.6 is 11.8 Å². The average Bonchev–Trinajstić information content (AvgIpc) is 3.22. The van der Waals surface area contributed by atoms with Gasteiger partial charge in [0.2, 0.25) is 17.0 Å². The van der Waals surface area contributed by atoms with Crippen LogP contribution in [0.2, 0.25) is 0 Å². The van der Waals surface area contributed by atoms with Crippen molar-refractivity contribution >= 4 is 45.6 Å². The molecule has 0 spiro atoms. The number of amides is 2. The van der Waals surface area contributed by atoms with Gasteiger partial charge in [0.05, 0.1) is 5.52 Å². The first-order valence-electron chi connectivity index (χ1n) is 14.4. The zero-order chi connectivity index (χ0) is 27.6. The summed E-state index contributed by atoms with van der Waals surface area (Å²) in [4.78, 5) is 34.4. The summed E-state index contributed by atoms with van der Waals surface area (Å²) in [5.41, 5.74) is 5.13. The molecule has 1 saturated carbocycles. The molecule has 3 heterocycles. The standard InChI is InChI=1S/C31H36N6O2S/c1-21-13-14-26-25(18-21)28-29(37(26)20-23-8-4-3-5-9-23)32-31(34-33-28)40-17-7-12-27(38)35-15-16-36(22(2)19-35)30(39)24-10-6-11-24/h3-5,8-9,13-14,18,22,24H,6-7,10-12,15-17,19-20H2,1-2H3. The molecule has 6 rings (SSSR count). The Labute approximate surface area is 239 Å². The van der Waals surface area contributed by atoms with Crippen molar-refractivity contribution in [3.8, 4) is 0 Å². The third-order valence-corrected chi connectivity index (χ3v) is 9.19. The van der Waals surface area contributed by atoms with Crippen molar-refractivity contribution in [2.75, 3.05) is 25.4 Å². The van der Waals surface area contributed by atoms with Crippen LogP contribution in [0.4, 0.5) is 0 Å². The summed E-state index contributed by atoms with van der Waals surface area (Å²) in [6, 6.07) is 16.9. The third kappa shape index (κ3) is 5.44. The topological polar surface area (TPSA) is 84.2 Å². The molecular formula is C31H36N6O2S. The minimum absolute atomic E-state index is 0.0813. The Morgan fingerprint density at radius 1 is 1.05 bits per heavy atom. The molecule has 1 aliphatic heterocycles. The predicted octanol–water partition coefficient (Wildman–Crippen LogP) is 5.07. The van der Waals surface area contributed by atoms with Gasteiger partial charge in [-0.25, -0.2) is 4.98 Å². The summed E-state index contributed by atoms with van der Waals surface area (Å²) >= 11 is 1.55. The molecule has 2 aliphatic rings. The number of fused-ring (bicyclic) bond motifs is 3. The molecule has 8 nitrogen and oxygen atoms in total. The molecule has 0 radical (unpaired) electrons. The van der Waals surface area contributed by atoms with Crippen molar-refractivity contribution in [1.82, 2.24) is 29.5 Å². The molecule has 1 saturated heterocycles. The minimum Gasteiger partial charge on any atom is -0.339 e. The number of piperazine rings is 1. The number of hydrogen-bond donors (Lipinski definition) is 0. The van der Waals surface area contributed by atoms with Crippen molar-refractivity contribution in [1.29, 1.82) is 0 Å². The molecule has 40 heavy (non-hydrogen) atoms. The molecule has 2 fully saturated rings. The Balaban J connectivity index is 1.08. The van der Waals surface area contributed by atoms with E-state index in [0.29, 0.717) is 37.8 Å². The summed E-state index contributed by atoms with van der Waals surface area (Å²) in [5, 5.41) is 10.7. The van der Waals surface area contributed by atoms with E-state index in [2.05, 4.69) is 71.1 Å². The number of aromatic nitrogens is 4. The monoisotopic (exact) mass is 556 g/mol. The van der Waals surface area contributed by atoms with E-state index in [1.807, 2.05) is 15.9 Å². The summed E-state index contributed by atoms with van der Waals surface area (Å²) in [7, 11) is 0. The zero-order valence-corrected chi connectivity index (χ0v) is 24.1. The van der Waals surface area contributed by atoms with Crippen LogP contribution in [0.1, 0.15) is 50.2 Å². The number of hydrogen-bond acceptors (Lipinski definition) is 6. The van der Waals surface area contributed by atoms with Gasteiger partial charge in [-0.2, -0.15) is 0 Å². The van der Waals surface area contributed by atoms with E-state index < -0.39 is 0 Å². The molecule has 2 aromatic heterocycles. The fourth-order valence-corrected chi connectivity index (χ4v) is 6.51. The number of aryl methyl sites for hydroxylation is 1. The maximum atomic E-state index is 12.9. The van der Waals surface area contributed by atoms with E-state index in [4.69, 9.17) is 4.98 Å². The van der Waals surface area contributed by atoms with Crippen molar-refractivity contribution in [2.24, 2.45) is 5.92 Å². The molecule has 2 aromatic carbocycles. The first-order chi connectivity index (χ1) is 19.5. The molecule has 208 valence electrons. The molecule has 0 bridgehead atoms. The number of nitrogens with zero attached hydrogens (tertiary/aromatic N) is 6. The molecule has 9 heteroatoms. The van der Waals surface area contributed by atoms with Crippen LogP contribution in [0.3, 0.4) is 0 Å². The van der Waals surface area contributed by atoms with Gasteiger partial charge in [-0.1, -0.05) is 60.1 Å². The Kier molecular flexibility index (Phi) is 7.74. The van der Waals surface area contributed by atoms with Crippen molar-refractivity contribution in [3.05, 3.63) is 59.7 Å². The predicted molar refractivity (Wildman–Crippen MR) is 158 cm³/mol. The van der Waals surface area contributed by atoms with Gasteiger partial charge in [-0.15, -0.1) is 10.2 Å². The highest BCUT2D eigenvalue weighted by Crippen LogP contribution is 2.31. The summed E-state index contributed by atoms with van der Waals surface area (Å²) < 4.78 is 2.22. The number of carbonyl (C=O) groups is 2. The third-order valence-electron chi connectivity index (χ3n) is 8.27. The molecule has 0 N–H and O–H groups in total. The summed E-state index contributed by atoms with van der Waals surface area (Å²) in [6.07, 6.45) is 4.42. The van der Waals surface area contributed by atoms with Crippen LogP contribution in [0.5, 0.6) is 0 Å². The fraction of sp³-hybridized carbons (Fsp3) is 0.452. The SMILES string of the molecule is Cc1ccc2c(c1)c1nnc(SCCCC(=O)N3CCN(C(=O)C4CCC4)C(C)C3)nc1n2Cc1ccccc1. The number of benzene rings is 2. The van der Waals surface area contributed by atoms with Crippen molar-refractivity contribution < 1.29 is 9.59 Å². The Morgan fingerprint density at radius 3 is 2.62 bits per heavy atom. The number of thioether (sulfide) groups is 1. The lowest BCUT2D eigenvalue weighted by atomic mass is 9.84. The lowest BCUT2D eigenvalue weighted by Crippen LogP contribution is -2.57. The van der Waals surface area contributed by atoms with Crippen LogP contribution in [-0.2, 0) is 16.1 Å². The average molecular weight is 557 g/mol. The van der Waals surface area contributed by atoms with Gasteiger partial charge in [0.15, 0.2) is 5.65 Å². The lowest BCUT2D eigenvalue weighted by molar-refractivity contribution is -0.147. The van der Waals surface area contributed by atoms with Gasteiger partial charge < -0.3 is 14.4 Å². The maximum absolute atomic E-state index is 12.9. The second kappa shape index (κ2) is 11.6. The smallest absolute Gasteiger partial charge is 0.226 e. The van der Waals surface area contributed by atoms with E-state index in [9.17, 15) is 9.59 Å². The second-order valence-electron chi connectivity index (χ2n) is 11.2. The number of carbonyl (C=O) groups excluding carboxylic acids is 2. The molecule has 1 unspecified atom stereocenters. The lowest BCUT2D eigenvalue weighted by Gasteiger charge is -2.42. The first kappa shape index (κ1) is 26.7. The molecule has 4 aromatic rings. The molecule has 1 aliphatic carbocycles. The molecular weight excluding hydrogens is 520 g/mol. The van der Waals surface area contributed by atoms with E-state index in [0.717, 1.165) is 53.5 Å². The van der Waals surface area contributed by atoms with Crippen molar-refractivity contribution in [2.45, 2.75) is 63.7 Å². The Hall–Kier alpha value is -3.46. The Bertz CT molecular complexity index is 1530. The largest absolute Gasteiger partial charge is 0.339 e. The van der Waals surface area contributed by atoms with E-state index in [1.165, 1.54) is 11.1 Å². The highest BCUT2D eigenvalue weighted by Gasteiger charge is 2.35. The second-order valence-corrected chi connectivity index (χ2v) is 12.2. The van der Waals surface area contributed by atoms with Gasteiger partial charge in [0.25, 0.3) is 0 Å². The van der Waals surface area contributed by atoms with Gasteiger partial charge in [-0.05, 0) is 50.8 Å². The molecule has 2 amide bonds. The minimum atomic E-state index is 0.0813. The normalized spacial score (nSPS) is 17.9. The van der Waals surface area contributed by atoms with Gasteiger partial charge in [0.1, 0.15) is 5.52 Å². The van der Waals surface area contributed by atoms with Crippen LogP contribution in [0.25, 0.3) is 22.1 Å². The van der Waals surface area contributed by atoms with E-state index >= 15 is 0 Å². The van der Waals surface area contributed by atoms with E-state index in [1.54, 1.807) is 11.8 Å². The van der Waals surface area contributed by atoms with Crippen LogP contribution in [0.15, 0.2) is 53.7 Å². The maximum Gasteiger partial charge on any atom is 0.226 e. The quantitative estimate of drug-likeness (QED) is 0.223. The highest BCUT2D eigenvalue weighted by atomic mass is 32.2. The van der Waals surface area contributed by atoms with Crippen molar-refractivity contribution in [3.63, 3.8) is 0 Å². The summed E-state index contributed by atoms with van der Waals surface area (Å²) in [5.74, 6) is 1.40. The van der Waals surface area contributed by atoms with Gasteiger partial charge in [0, 0.05) is 55.7 Å². The van der Waals surface area contributed by atoms with Gasteiger partial charge in [-0.3, -0.25) is 9.59 Å². The number of rotatable bonds is 8. The Morgan fingerprint density at radius 2 is 1.88 bits per heavy atom. The molecule has 1 atom stereocenters. The van der Waals surface area contributed by atoms with Gasteiger partial charge >= 0.3 is 0 Å². The summed E-state index contributed by atoms with van der Waals surface area (Å²) in [6.45, 7) is 6.75. The zero-order valence-electron chi connectivity index (χ0n) is 23.3. The van der Waals surface area contributed by atoms with E-state index in [-0.39, 0.29) is 23.8 Å². The van der Waals surface area contributed by atoms with Crippen LogP contribution in [-0.4, -0.2) is 72.8 Å². The van der Waals surface area contributed by atoms with Crippen LogP contribution < -0.4 is 0 Å². The fourth-order valence-electron chi connectivity index (χ4n) is 5.79.